The largest absolute Gasteiger partial charge is 0.373 e. The van der Waals surface area contributed by atoms with E-state index in [9.17, 15) is 9.59 Å². The molecule has 0 saturated carbocycles. The van der Waals surface area contributed by atoms with Gasteiger partial charge in [0.1, 0.15) is 0 Å². The molecule has 1 saturated heterocycles. The van der Waals surface area contributed by atoms with Crippen molar-refractivity contribution in [2.24, 2.45) is 11.3 Å². The standard InChI is InChI=1S/C23H32N4O3/c1-14(2)27-13-16(12-24-27)20-18(9-10-30-20)21(28)25-17-8-7-15(3)19(11-17)26-22(29)23(4,5)6/h7-8,11-14,18,20H,9-10H2,1-6H3,(H,25,28)(H,26,29)/t18-,20+/m0/s1. The van der Waals surface area contributed by atoms with Gasteiger partial charge in [0, 0.05) is 41.2 Å². The molecule has 0 spiro atoms. The van der Waals surface area contributed by atoms with Crippen molar-refractivity contribution in [1.82, 2.24) is 9.78 Å². The number of carbonyl (C=O) groups excluding carboxylic acids is 2. The van der Waals surface area contributed by atoms with Crippen molar-refractivity contribution >= 4 is 23.2 Å². The SMILES string of the molecule is Cc1ccc(NC(=O)[C@H]2CCO[C@@H]2c2cnn(C(C)C)c2)cc1NC(=O)C(C)(C)C. The van der Waals surface area contributed by atoms with Crippen molar-refractivity contribution < 1.29 is 14.3 Å². The summed E-state index contributed by atoms with van der Waals surface area (Å²) < 4.78 is 7.74. The fourth-order valence-corrected chi connectivity index (χ4v) is 3.35. The molecule has 0 radical (unpaired) electrons. The summed E-state index contributed by atoms with van der Waals surface area (Å²) in [5.74, 6) is -0.448. The maximum Gasteiger partial charge on any atom is 0.230 e. The molecule has 3 rings (SSSR count). The summed E-state index contributed by atoms with van der Waals surface area (Å²) in [5.41, 5.74) is 2.71. The molecule has 1 fully saturated rings. The summed E-state index contributed by atoms with van der Waals surface area (Å²) in [7, 11) is 0. The predicted molar refractivity (Wildman–Crippen MR) is 117 cm³/mol. The summed E-state index contributed by atoms with van der Waals surface area (Å²) in [6, 6.07) is 5.80. The fraction of sp³-hybridized carbons (Fsp3) is 0.522. The van der Waals surface area contributed by atoms with Crippen LogP contribution in [0.2, 0.25) is 0 Å². The number of hydrogen-bond acceptors (Lipinski definition) is 4. The highest BCUT2D eigenvalue weighted by atomic mass is 16.5. The second-order valence-electron chi connectivity index (χ2n) is 9.26. The molecule has 1 aromatic heterocycles. The number of amides is 2. The molecular formula is C23H32N4O3. The van der Waals surface area contributed by atoms with E-state index in [2.05, 4.69) is 29.6 Å². The van der Waals surface area contributed by atoms with Crippen molar-refractivity contribution in [3.05, 3.63) is 41.7 Å². The van der Waals surface area contributed by atoms with Crippen molar-refractivity contribution in [3.63, 3.8) is 0 Å². The van der Waals surface area contributed by atoms with Crippen molar-refractivity contribution in [1.29, 1.82) is 0 Å². The number of nitrogens with zero attached hydrogens (tertiary/aromatic N) is 2. The second kappa shape index (κ2) is 8.60. The lowest BCUT2D eigenvalue weighted by atomic mass is 9.95. The molecule has 0 bridgehead atoms. The van der Waals surface area contributed by atoms with Gasteiger partial charge < -0.3 is 15.4 Å². The number of nitrogens with one attached hydrogen (secondary N) is 2. The van der Waals surface area contributed by atoms with E-state index in [0.717, 1.165) is 11.1 Å². The summed E-state index contributed by atoms with van der Waals surface area (Å²) >= 11 is 0. The van der Waals surface area contributed by atoms with Gasteiger partial charge in [-0.05, 0) is 44.9 Å². The monoisotopic (exact) mass is 412 g/mol. The predicted octanol–water partition coefficient (Wildman–Crippen LogP) is 4.47. The molecule has 2 heterocycles. The van der Waals surface area contributed by atoms with Crippen LogP contribution >= 0.6 is 0 Å². The average Bonchev–Trinajstić information content (AvgIpc) is 3.32. The van der Waals surface area contributed by atoms with E-state index in [1.165, 1.54) is 0 Å². The number of carbonyl (C=O) groups is 2. The smallest absolute Gasteiger partial charge is 0.230 e. The van der Waals surface area contributed by atoms with Gasteiger partial charge in [0.25, 0.3) is 0 Å². The topological polar surface area (TPSA) is 85.2 Å². The minimum Gasteiger partial charge on any atom is -0.373 e. The molecule has 2 atom stereocenters. The van der Waals surface area contributed by atoms with Crippen molar-refractivity contribution in [2.75, 3.05) is 17.2 Å². The first-order chi connectivity index (χ1) is 14.1. The summed E-state index contributed by atoms with van der Waals surface area (Å²) in [6.07, 6.45) is 4.08. The van der Waals surface area contributed by atoms with Crippen LogP contribution in [0, 0.1) is 18.3 Å². The van der Waals surface area contributed by atoms with Crippen molar-refractivity contribution in [2.45, 2.75) is 60.1 Å². The Hall–Kier alpha value is -2.67. The molecule has 162 valence electrons. The average molecular weight is 413 g/mol. The summed E-state index contributed by atoms with van der Waals surface area (Å²) in [6.45, 7) is 12.2. The van der Waals surface area contributed by atoms with Gasteiger partial charge in [-0.3, -0.25) is 14.3 Å². The molecule has 1 aliphatic heterocycles. The molecule has 0 unspecified atom stereocenters. The van der Waals surface area contributed by atoms with E-state index >= 15 is 0 Å². The van der Waals surface area contributed by atoms with Crippen LogP contribution in [0.1, 0.15) is 64.3 Å². The Morgan fingerprint density at radius 3 is 2.60 bits per heavy atom. The Labute approximate surface area is 178 Å². The summed E-state index contributed by atoms with van der Waals surface area (Å²) in [4.78, 5) is 25.4. The van der Waals surface area contributed by atoms with Gasteiger partial charge in [-0.15, -0.1) is 0 Å². The van der Waals surface area contributed by atoms with E-state index in [-0.39, 0.29) is 29.9 Å². The van der Waals surface area contributed by atoms with Gasteiger partial charge in [0.2, 0.25) is 11.8 Å². The number of rotatable bonds is 5. The first-order valence-electron chi connectivity index (χ1n) is 10.4. The van der Waals surface area contributed by atoms with Gasteiger partial charge in [-0.1, -0.05) is 26.8 Å². The number of ether oxygens (including phenoxy) is 1. The maximum atomic E-state index is 13.0. The quantitative estimate of drug-likeness (QED) is 0.759. The lowest BCUT2D eigenvalue weighted by Gasteiger charge is -2.20. The Balaban J connectivity index is 1.73. The Kier molecular flexibility index (Phi) is 6.31. The van der Waals surface area contributed by atoms with Crippen LogP contribution < -0.4 is 10.6 Å². The molecule has 2 N–H and O–H groups in total. The van der Waals surface area contributed by atoms with E-state index in [1.54, 1.807) is 12.3 Å². The van der Waals surface area contributed by atoms with Crippen LogP contribution in [0.5, 0.6) is 0 Å². The minimum atomic E-state index is -0.499. The third kappa shape index (κ3) is 4.90. The zero-order chi connectivity index (χ0) is 22.1. The fourth-order valence-electron chi connectivity index (χ4n) is 3.35. The number of benzene rings is 1. The number of hydrogen-bond donors (Lipinski definition) is 2. The van der Waals surface area contributed by atoms with Crippen LogP contribution in [0.3, 0.4) is 0 Å². The highest BCUT2D eigenvalue weighted by Crippen LogP contribution is 2.35. The molecule has 2 aromatic rings. The van der Waals surface area contributed by atoms with E-state index < -0.39 is 5.41 Å². The van der Waals surface area contributed by atoms with E-state index in [0.29, 0.717) is 24.4 Å². The van der Waals surface area contributed by atoms with Gasteiger partial charge in [0.05, 0.1) is 18.2 Å². The molecule has 1 aliphatic rings. The molecule has 7 nitrogen and oxygen atoms in total. The number of aryl methyl sites for hydroxylation is 1. The molecular weight excluding hydrogens is 380 g/mol. The lowest BCUT2D eigenvalue weighted by molar-refractivity contribution is -0.123. The molecule has 0 aliphatic carbocycles. The molecule has 1 aromatic carbocycles. The zero-order valence-electron chi connectivity index (χ0n) is 18.7. The maximum absolute atomic E-state index is 13.0. The number of anilines is 2. The van der Waals surface area contributed by atoms with Gasteiger partial charge in [0.15, 0.2) is 0 Å². The van der Waals surface area contributed by atoms with Gasteiger partial charge in [-0.25, -0.2) is 0 Å². The van der Waals surface area contributed by atoms with Crippen LogP contribution in [-0.4, -0.2) is 28.2 Å². The highest BCUT2D eigenvalue weighted by Gasteiger charge is 2.36. The normalized spacial score (nSPS) is 19.2. The molecule has 30 heavy (non-hydrogen) atoms. The first kappa shape index (κ1) is 22.0. The Morgan fingerprint density at radius 1 is 1.23 bits per heavy atom. The number of aromatic nitrogens is 2. The first-order valence-corrected chi connectivity index (χ1v) is 10.4. The third-order valence-corrected chi connectivity index (χ3v) is 5.34. The minimum absolute atomic E-state index is 0.0690. The molecule has 7 heteroatoms. The zero-order valence-corrected chi connectivity index (χ0v) is 18.7. The highest BCUT2D eigenvalue weighted by molar-refractivity contribution is 5.97. The molecule has 2 amide bonds. The van der Waals surface area contributed by atoms with Crippen LogP contribution in [-0.2, 0) is 14.3 Å². The Bertz CT molecular complexity index is 927. The van der Waals surface area contributed by atoms with Crippen molar-refractivity contribution in [3.8, 4) is 0 Å². The van der Waals surface area contributed by atoms with Crippen LogP contribution in [0.15, 0.2) is 30.6 Å². The third-order valence-electron chi connectivity index (χ3n) is 5.34. The van der Waals surface area contributed by atoms with E-state index in [1.807, 2.05) is 50.7 Å². The van der Waals surface area contributed by atoms with Crippen LogP contribution in [0.4, 0.5) is 11.4 Å². The van der Waals surface area contributed by atoms with E-state index in [4.69, 9.17) is 4.74 Å². The second-order valence-corrected chi connectivity index (χ2v) is 9.26. The summed E-state index contributed by atoms with van der Waals surface area (Å²) in [5, 5.41) is 10.3. The van der Waals surface area contributed by atoms with Gasteiger partial charge in [-0.2, -0.15) is 5.10 Å². The lowest BCUT2D eigenvalue weighted by Crippen LogP contribution is -2.28. The van der Waals surface area contributed by atoms with Gasteiger partial charge >= 0.3 is 0 Å². The Morgan fingerprint density at radius 2 is 1.97 bits per heavy atom. The van der Waals surface area contributed by atoms with Crippen LogP contribution in [0.25, 0.3) is 0 Å².